The molecular weight excluding hydrogens is 252 g/mol. The largest absolute Gasteiger partial charge is 0.462 e. The number of rotatable bonds is 5. The molecule has 4 nitrogen and oxygen atoms in total. The van der Waals surface area contributed by atoms with Gasteiger partial charge in [0, 0.05) is 18.8 Å². The third-order valence-electron chi connectivity index (χ3n) is 3.84. The summed E-state index contributed by atoms with van der Waals surface area (Å²) in [5.41, 5.74) is 7.95. The minimum atomic E-state index is -0.284. The van der Waals surface area contributed by atoms with Crippen LogP contribution in [0.3, 0.4) is 0 Å². The third kappa shape index (κ3) is 3.24. The molecule has 0 spiro atoms. The van der Waals surface area contributed by atoms with E-state index in [1.54, 1.807) is 6.07 Å². The van der Waals surface area contributed by atoms with Crippen LogP contribution in [0.25, 0.3) is 0 Å². The zero-order valence-corrected chi connectivity index (χ0v) is 12.4. The first-order valence-electron chi connectivity index (χ1n) is 7.47. The molecule has 0 aromatic heterocycles. The van der Waals surface area contributed by atoms with Gasteiger partial charge in [0.25, 0.3) is 0 Å². The van der Waals surface area contributed by atoms with Gasteiger partial charge in [-0.15, -0.1) is 0 Å². The molecule has 0 saturated carbocycles. The number of nitrogens with two attached hydrogens (primary N) is 1. The van der Waals surface area contributed by atoms with Crippen LogP contribution in [0.2, 0.25) is 0 Å². The van der Waals surface area contributed by atoms with Crippen LogP contribution in [0.1, 0.15) is 43.5 Å². The fraction of sp³-hybridized carbons (Fsp3) is 0.562. The second-order valence-corrected chi connectivity index (χ2v) is 5.39. The smallest absolute Gasteiger partial charge is 0.340 e. The highest BCUT2D eigenvalue weighted by Crippen LogP contribution is 2.30. The molecule has 4 heteroatoms. The van der Waals surface area contributed by atoms with E-state index in [0.717, 1.165) is 24.7 Å². The van der Waals surface area contributed by atoms with Crippen LogP contribution >= 0.6 is 0 Å². The fourth-order valence-electron chi connectivity index (χ4n) is 2.90. The van der Waals surface area contributed by atoms with E-state index < -0.39 is 0 Å². The van der Waals surface area contributed by atoms with Crippen LogP contribution in [0.4, 0.5) is 11.4 Å². The molecule has 1 aromatic carbocycles. The maximum absolute atomic E-state index is 12.1. The first-order valence-corrected chi connectivity index (χ1v) is 7.47. The van der Waals surface area contributed by atoms with Gasteiger partial charge in [-0.1, -0.05) is 13.3 Å². The van der Waals surface area contributed by atoms with Crippen molar-refractivity contribution < 1.29 is 9.53 Å². The average molecular weight is 276 g/mol. The Morgan fingerprint density at radius 2 is 2.25 bits per heavy atom. The molecule has 0 amide bonds. The molecule has 1 unspecified atom stereocenters. The molecule has 1 aliphatic heterocycles. The monoisotopic (exact) mass is 276 g/mol. The number of ether oxygens (including phenoxy) is 1. The lowest BCUT2D eigenvalue weighted by atomic mass is 10.0. The summed E-state index contributed by atoms with van der Waals surface area (Å²) in [4.78, 5) is 14.4. The van der Waals surface area contributed by atoms with Gasteiger partial charge < -0.3 is 15.4 Å². The topological polar surface area (TPSA) is 55.6 Å². The number of benzene rings is 1. The number of hydrogen-bond donors (Lipinski definition) is 1. The molecule has 0 aliphatic carbocycles. The van der Waals surface area contributed by atoms with Crippen molar-refractivity contribution >= 4 is 17.3 Å². The Labute approximate surface area is 120 Å². The minimum Gasteiger partial charge on any atom is -0.462 e. The van der Waals surface area contributed by atoms with Gasteiger partial charge in [-0.05, 0) is 43.9 Å². The maximum Gasteiger partial charge on any atom is 0.340 e. The molecule has 20 heavy (non-hydrogen) atoms. The minimum absolute atomic E-state index is 0.284. The van der Waals surface area contributed by atoms with Crippen molar-refractivity contribution in [2.24, 2.45) is 5.92 Å². The molecule has 0 bridgehead atoms. The zero-order valence-electron chi connectivity index (χ0n) is 12.4. The van der Waals surface area contributed by atoms with Gasteiger partial charge in [0.15, 0.2) is 0 Å². The van der Waals surface area contributed by atoms with Gasteiger partial charge in [-0.2, -0.15) is 0 Å². The Morgan fingerprint density at radius 3 is 2.95 bits per heavy atom. The summed E-state index contributed by atoms with van der Waals surface area (Å²) in [6, 6.07) is 5.52. The van der Waals surface area contributed by atoms with E-state index in [2.05, 4.69) is 11.8 Å². The Hall–Kier alpha value is -1.71. The molecule has 1 heterocycles. The van der Waals surface area contributed by atoms with Gasteiger partial charge >= 0.3 is 5.97 Å². The summed E-state index contributed by atoms with van der Waals surface area (Å²) < 4.78 is 5.14. The second kappa shape index (κ2) is 6.64. The third-order valence-corrected chi connectivity index (χ3v) is 3.84. The summed E-state index contributed by atoms with van der Waals surface area (Å²) in [5.74, 6) is 0.446. The Kier molecular flexibility index (Phi) is 4.88. The average Bonchev–Trinajstić information content (AvgIpc) is 2.88. The number of carbonyl (C=O) groups excluding carboxylic acids is 1. The molecule has 2 rings (SSSR count). The molecule has 1 saturated heterocycles. The summed E-state index contributed by atoms with van der Waals surface area (Å²) in [6.45, 7) is 6.43. The van der Waals surface area contributed by atoms with Crippen LogP contribution in [-0.4, -0.2) is 25.7 Å². The van der Waals surface area contributed by atoms with Crippen molar-refractivity contribution in [3.63, 3.8) is 0 Å². The Bertz CT molecular complexity index is 474. The van der Waals surface area contributed by atoms with Crippen LogP contribution in [-0.2, 0) is 4.74 Å². The van der Waals surface area contributed by atoms with E-state index in [1.165, 1.54) is 19.3 Å². The van der Waals surface area contributed by atoms with Gasteiger partial charge in [-0.25, -0.2) is 4.79 Å². The molecule has 1 aliphatic rings. The number of nitrogens with zero attached hydrogens (tertiary/aromatic N) is 1. The SMILES string of the molecule is CCCC1CCN(c2ccc(N)cc2C(=O)OCC)C1. The molecule has 1 aromatic rings. The predicted octanol–water partition coefficient (Wildman–Crippen LogP) is 3.07. The van der Waals surface area contributed by atoms with Crippen molar-refractivity contribution in [2.45, 2.75) is 33.1 Å². The second-order valence-electron chi connectivity index (χ2n) is 5.39. The summed E-state index contributed by atoms with van der Waals surface area (Å²) >= 11 is 0. The van der Waals surface area contributed by atoms with Crippen LogP contribution < -0.4 is 10.6 Å². The standard InChI is InChI=1S/C16H24N2O2/c1-3-5-12-8-9-18(11-12)15-7-6-13(17)10-14(15)16(19)20-4-2/h6-7,10,12H,3-5,8-9,11,17H2,1-2H3. The lowest BCUT2D eigenvalue weighted by Gasteiger charge is -2.21. The van der Waals surface area contributed by atoms with Gasteiger partial charge in [0.1, 0.15) is 0 Å². The van der Waals surface area contributed by atoms with E-state index in [9.17, 15) is 4.79 Å². The molecule has 1 fully saturated rings. The van der Waals surface area contributed by atoms with E-state index in [0.29, 0.717) is 17.9 Å². The Morgan fingerprint density at radius 1 is 1.45 bits per heavy atom. The van der Waals surface area contributed by atoms with E-state index in [4.69, 9.17) is 10.5 Å². The molecule has 1 atom stereocenters. The highest BCUT2D eigenvalue weighted by atomic mass is 16.5. The molecule has 110 valence electrons. The number of anilines is 2. The van der Waals surface area contributed by atoms with Crippen LogP contribution in [0.5, 0.6) is 0 Å². The van der Waals surface area contributed by atoms with E-state index in [-0.39, 0.29) is 5.97 Å². The number of nitrogen functional groups attached to an aromatic ring is 1. The van der Waals surface area contributed by atoms with Crippen molar-refractivity contribution in [1.29, 1.82) is 0 Å². The lowest BCUT2D eigenvalue weighted by Crippen LogP contribution is -2.23. The van der Waals surface area contributed by atoms with Crippen molar-refractivity contribution in [3.05, 3.63) is 23.8 Å². The van der Waals surface area contributed by atoms with Gasteiger partial charge in [-0.3, -0.25) is 0 Å². The molecule has 2 N–H and O–H groups in total. The van der Waals surface area contributed by atoms with Gasteiger partial charge in [0.2, 0.25) is 0 Å². The van der Waals surface area contributed by atoms with Crippen LogP contribution in [0.15, 0.2) is 18.2 Å². The fourth-order valence-corrected chi connectivity index (χ4v) is 2.90. The summed E-state index contributed by atoms with van der Waals surface area (Å²) in [7, 11) is 0. The number of esters is 1. The lowest BCUT2D eigenvalue weighted by molar-refractivity contribution is 0.0527. The van der Waals surface area contributed by atoms with E-state index >= 15 is 0 Å². The maximum atomic E-state index is 12.1. The highest BCUT2D eigenvalue weighted by molar-refractivity contribution is 5.97. The molecule has 0 radical (unpaired) electrons. The molecular formula is C16H24N2O2. The number of carbonyl (C=O) groups is 1. The zero-order chi connectivity index (χ0) is 14.5. The van der Waals surface area contributed by atoms with Gasteiger partial charge in [0.05, 0.1) is 17.9 Å². The predicted molar refractivity (Wildman–Crippen MR) is 82.0 cm³/mol. The quantitative estimate of drug-likeness (QED) is 0.663. The first kappa shape index (κ1) is 14.7. The normalized spacial score (nSPS) is 18.3. The van der Waals surface area contributed by atoms with Crippen molar-refractivity contribution in [1.82, 2.24) is 0 Å². The summed E-state index contributed by atoms with van der Waals surface area (Å²) in [6.07, 6.45) is 3.66. The summed E-state index contributed by atoms with van der Waals surface area (Å²) in [5, 5.41) is 0. The van der Waals surface area contributed by atoms with Crippen molar-refractivity contribution in [2.75, 3.05) is 30.3 Å². The Balaban J connectivity index is 2.21. The van der Waals surface area contributed by atoms with Crippen LogP contribution in [0, 0.1) is 5.92 Å². The van der Waals surface area contributed by atoms with Crippen molar-refractivity contribution in [3.8, 4) is 0 Å². The van der Waals surface area contributed by atoms with E-state index in [1.807, 2.05) is 19.1 Å². The highest BCUT2D eigenvalue weighted by Gasteiger charge is 2.25. The first-order chi connectivity index (χ1) is 9.65. The number of hydrogen-bond acceptors (Lipinski definition) is 4.